The zero-order valence-corrected chi connectivity index (χ0v) is 8.80. The minimum absolute atomic E-state index is 0.610. The molecule has 0 aromatic carbocycles. The highest BCUT2D eigenvalue weighted by Crippen LogP contribution is 2.55. The van der Waals surface area contributed by atoms with E-state index < -0.39 is 0 Å². The molecule has 0 amide bonds. The fourth-order valence-electron chi connectivity index (χ4n) is 3.29. The summed E-state index contributed by atoms with van der Waals surface area (Å²) in [6.45, 7) is 10.8. The Kier molecular flexibility index (Phi) is 1.76. The summed E-state index contributed by atoms with van der Waals surface area (Å²) in [4.78, 5) is 2.74. The Bertz CT molecular complexity index is 175. The van der Waals surface area contributed by atoms with Crippen LogP contribution in [-0.4, -0.2) is 23.0 Å². The van der Waals surface area contributed by atoms with Gasteiger partial charge in [-0.15, -0.1) is 0 Å². The van der Waals surface area contributed by atoms with E-state index in [4.69, 9.17) is 0 Å². The third-order valence-corrected chi connectivity index (χ3v) is 4.01. The Labute approximate surface area is 76.1 Å². The van der Waals surface area contributed by atoms with Crippen LogP contribution in [0.15, 0.2) is 0 Å². The molecule has 2 saturated heterocycles. The lowest BCUT2D eigenvalue weighted by molar-refractivity contribution is 0.0362. The predicted molar refractivity (Wildman–Crippen MR) is 52.1 cm³/mol. The van der Waals surface area contributed by atoms with Crippen molar-refractivity contribution in [2.45, 2.75) is 52.1 Å². The monoisotopic (exact) mass is 167 g/mol. The van der Waals surface area contributed by atoms with E-state index in [2.05, 4.69) is 32.6 Å². The number of hydrogen-bond acceptors (Lipinski definition) is 1. The Balaban J connectivity index is 2.16. The zero-order chi connectivity index (χ0) is 8.93. The van der Waals surface area contributed by atoms with Crippen LogP contribution in [0.5, 0.6) is 0 Å². The standard InChI is InChI=1S/C11H21N/c1-8(2)11-5-10(6-11)7-12(11)9(3)4/h8-10H,5-7H2,1-4H3. The lowest BCUT2D eigenvalue weighted by Gasteiger charge is -2.47. The van der Waals surface area contributed by atoms with Crippen LogP contribution in [0.25, 0.3) is 0 Å². The highest BCUT2D eigenvalue weighted by Gasteiger charge is 2.57. The molecule has 2 bridgehead atoms. The van der Waals surface area contributed by atoms with Crippen molar-refractivity contribution < 1.29 is 0 Å². The van der Waals surface area contributed by atoms with Crippen LogP contribution < -0.4 is 0 Å². The minimum Gasteiger partial charge on any atom is -0.295 e. The number of nitrogens with zero attached hydrogens (tertiary/aromatic N) is 1. The highest BCUT2D eigenvalue weighted by molar-refractivity contribution is 5.12. The Morgan fingerprint density at radius 3 is 2.08 bits per heavy atom. The Hall–Kier alpha value is -0.0400. The van der Waals surface area contributed by atoms with E-state index in [1.165, 1.54) is 19.4 Å². The summed E-state index contributed by atoms with van der Waals surface area (Å²) < 4.78 is 0. The molecule has 1 aliphatic carbocycles. The van der Waals surface area contributed by atoms with Gasteiger partial charge in [-0.25, -0.2) is 0 Å². The molecule has 3 fully saturated rings. The zero-order valence-electron chi connectivity index (χ0n) is 8.80. The van der Waals surface area contributed by atoms with E-state index >= 15 is 0 Å². The topological polar surface area (TPSA) is 3.24 Å². The van der Waals surface area contributed by atoms with E-state index in [9.17, 15) is 0 Å². The Morgan fingerprint density at radius 1 is 1.17 bits per heavy atom. The summed E-state index contributed by atoms with van der Waals surface area (Å²) in [7, 11) is 0. The van der Waals surface area contributed by atoms with Crippen molar-refractivity contribution in [2.24, 2.45) is 11.8 Å². The quantitative estimate of drug-likeness (QED) is 0.611. The highest BCUT2D eigenvalue weighted by atomic mass is 15.3. The Morgan fingerprint density at radius 2 is 1.75 bits per heavy atom. The third kappa shape index (κ3) is 0.891. The molecule has 3 aliphatic rings. The van der Waals surface area contributed by atoms with Crippen LogP contribution in [0.4, 0.5) is 0 Å². The van der Waals surface area contributed by atoms with Crippen molar-refractivity contribution in [3.8, 4) is 0 Å². The molecule has 0 atom stereocenters. The average molecular weight is 167 g/mol. The van der Waals surface area contributed by atoms with Gasteiger partial charge in [-0.2, -0.15) is 0 Å². The van der Waals surface area contributed by atoms with Gasteiger partial charge in [0.05, 0.1) is 0 Å². The fourth-order valence-corrected chi connectivity index (χ4v) is 3.29. The fraction of sp³-hybridized carbons (Fsp3) is 1.00. The smallest absolute Gasteiger partial charge is 0.0241 e. The molecule has 70 valence electrons. The van der Waals surface area contributed by atoms with Crippen molar-refractivity contribution in [3.63, 3.8) is 0 Å². The second-order valence-corrected chi connectivity index (χ2v) is 5.28. The van der Waals surface area contributed by atoms with Gasteiger partial charge in [0.1, 0.15) is 0 Å². The molecular formula is C11H21N. The van der Waals surface area contributed by atoms with Gasteiger partial charge in [-0.05, 0) is 38.5 Å². The molecule has 1 nitrogen and oxygen atoms in total. The van der Waals surface area contributed by atoms with E-state index in [1.54, 1.807) is 0 Å². The summed E-state index contributed by atoms with van der Waals surface area (Å²) in [6, 6.07) is 0.750. The summed E-state index contributed by atoms with van der Waals surface area (Å²) in [6.07, 6.45) is 2.95. The maximum atomic E-state index is 2.74. The van der Waals surface area contributed by atoms with E-state index in [0.29, 0.717) is 5.54 Å². The molecule has 0 N–H and O–H groups in total. The molecule has 0 spiro atoms. The van der Waals surface area contributed by atoms with Gasteiger partial charge >= 0.3 is 0 Å². The lowest BCUT2D eigenvalue weighted by Crippen LogP contribution is -2.52. The molecule has 0 radical (unpaired) electrons. The molecule has 12 heavy (non-hydrogen) atoms. The summed E-state index contributed by atoms with van der Waals surface area (Å²) >= 11 is 0. The van der Waals surface area contributed by atoms with Crippen LogP contribution in [0.3, 0.4) is 0 Å². The van der Waals surface area contributed by atoms with Crippen LogP contribution >= 0.6 is 0 Å². The SMILES string of the molecule is CC(C)N1CC2CC1(C(C)C)C2. The number of rotatable bonds is 2. The van der Waals surface area contributed by atoms with E-state index in [-0.39, 0.29) is 0 Å². The van der Waals surface area contributed by atoms with E-state index in [1.807, 2.05) is 0 Å². The molecule has 0 aromatic rings. The normalized spacial score (nSPS) is 41.0. The van der Waals surface area contributed by atoms with Gasteiger partial charge in [-0.3, -0.25) is 4.90 Å². The first kappa shape index (κ1) is 8.55. The third-order valence-electron chi connectivity index (χ3n) is 4.01. The summed E-state index contributed by atoms with van der Waals surface area (Å²) in [5.74, 6) is 1.88. The first-order valence-corrected chi connectivity index (χ1v) is 5.33. The maximum absolute atomic E-state index is 2.74. The van der Waals surface area contributed by atoms with Gasteiger partial charge in [0.15, 0.2) is 0 Å². The predicted octanol–water partition coefficient (Wildman–Crippen LogP) is 2.52. The first-order valence-electron chi connectivity index (χ1n) is 5.33. The van der Waals surface area contributed by atoms with Gasteiger partial charge < -0.3 is 0 Å². The second-order valence-electron chi connectivity index (χ2n) is 5.28. The summed E-state index contributed by atoms with van der Waals surface area (Å²) in [5.41, 5.74) is 0.610. The molecule has 1 saturated carbocycles. The van der Waals surface area contributed by atoms with Gasteiger partial charge in [-0.1, -0.05) is 13.8 Å². The average Bonchev–Trinajstić information content (AvgIpc) is 2.35. The largest absolute Gasteiger partial charge is 0.295 e. The lowest BCUT2D eigenvalue weighted by atomic mass is 9.67. The molecule has 1 heteroatoms. The second kappa shape index (κ2) is 2.47. The molecule has 2 aliphatic heterocycles. The summed E-state index contributed by atoms with van der Waals surface area (Å²) in [5, 5.41) is 0. The molecule has 2 heterocycles. The number of fused-ring (bicyclic) bond motifs is 1. The van der Waals surface area contributed by atoms with Gasteiger partial charge in [0.25, 0.3) is 0 Å². The molecular weight excluding hydrogens is 146 g/mol. The molecule has 3 rings (SSSR count). The van der Waals surface area contributed by atoms with E-state index in [0.717, 1.165) is 17.9 Å². The van der Waals surface area contributed by atoms with Crippen LogP contribution in [0, 0.1) is 11.8 Å². The van der Waals surface area contributed by atoms with Gasteiger partial charge in [0, 0.05) is 18.1 Å². The maximum Gasteiger partial charge on any atom is 0.0241 e. The van der Waals surface area contributed by atoms with Crippen LogP contribution in [-0.2, 0) is 0 Å². The van der Waals surface area contributed by atoms with Crippen molar-refractivity contribution in [3.05, 3.63) is 0 Å². The van der Waals surface area contributed by atoms with Crippen molar-refractivity contribution >= 4 is 0 Å². The molecule has 0 aromatic heterocycles. The van der Waals surface area contributed by atoms with Crippen molar-refractivity contribution in [1.82, 2.24) is 4.90 Å². The minimum atomic E-state index is 0.610. The van der Waals surface area contributed by atoms with Gasteiger partial charge in [0.2, 0.25) is 0 Å². The van der Waals surface area contributed by atoms with Crippen LogP contribution in [0.2, 0.25) is 0 Å². The van der Waals surface area contributed by atoms with Crippen molar-refractivity contribution in [2.75, 3.05) is 6.54 Å². The first-order chi connectivity index (χ1) is 5.56. The van der Waals surface area contributed by atoms with Crippen LogP contribution in [0.1, 0.15) is 40.5 Å². The molecule has 0 unspecified atom stereocenters. The van der Waals surface area contributed by atoms with Crippen molar-refractivity contribution in [1.29, 1.82) is 0 Å². The number of hydrogen-bond donors (Lipinski definition) is 0.